The van der Waals surface area contributed by atoms with E-state index in [2.05, 4.69) is 34.9 Å². The molecule has 0 radical (unpaired) electrons. The van der Waals surface area contributed by atoms with Crippen LogP contribution in [0.25, 0.3) is 0 Å². The van der Waals surface area contributed by atoms with Crippen LogP contribution in [0.5, 0.6) is 0 Å². The molecule has 110 valence electrons. The number of hydrogen-bond acceptors (Lipinski definition) is 2. The van der Waals surface area contributed by atoms with E-state index in [1.807, 2.05) is 12.1 Å². The number of hydrazine groups is 1. The number of aryl methyl sites for hydroxylation is 2. The third-order valence-corrected chi connectivity index (χ3v) is 3.23. The minimum atomic E-state index is -0.361. The van der Waals surface area contributed by atoms with Crippen LogP contribution in [0.2, 0.25) is 0 Å². The molecule has 0 atom stereocenters. The first-order valence-electron chi connectivity index (χ1n) is 6.99. The van der Waals surface area contributed by atoms with Gasteiger partial charge in [0.2, 0.25) is 5.91 Å². The standard InChI is InChI=1S/C16H19N3O2/c1-2-12-5-7-13(8-6-12)9-10-15(20)18-19-16(21)14-4-3-11-17-14/h3-8,11,17H,2,9-10H2,1H3,(H,18,20)(H,19,21). The Hall–Kier alpha value is -2.56. The van der Waals surface area contributed by atoms with Gasteiger partial charge in [-0.3, -0.25) is 20.4 Å². The molecule has 1 aromatic carbocycles. The fraction of sp³-hybridized carbons (Fsp3) is 0.250. The molecule has 0 unspecified atom stereocenters. The number of rotatable bonds is 5. The first kappa shape index (κ1) is 14.8. The number of aromatic nitrogens is 1. The largest absolute Gasteiger partial charge is 0.357 e. The average Bonchev–Trinajstić information content (AvgIpc) is 3.05. The molecular weight excluding hydrogens is 266 g/mol. The van der Waals surface area contributed by atoms with Gasteiger partial charge in [-0.15, -0.1) is 0 Å². The van der Waals surface area contributed by atoms with Crippen LogP contribution in [-0.2, 0) is 17.6 Å². The molecule has 0 aliphatic heterocycles. The highest BCUT2D eigenvalue weighted by Crippen LogP contribution is 2.07. The Labute approximate surface area is 123 Å². The number of H-pyrrole nitrogens is 1. The van der Waals surface area contributed by atoms with E-state index in [-0.39, 0.29) is 11.8 Å². The SMILES string of the molecule is CCc1ccc(CCC(=O)NNC(=O)c2ccc[nH]2)cc1. The molecule has 0 saturated carbocycles. The number of aromatic amines is 1. The Morgan fingerprint density at radius 1 is 1.05 bits per heavy atom. The lowest BCUT2D eigenvalue weighted by molar-refractivity contribution is -0.121. The minimum absolute atomic E-state index is 0.213. The van der Waals surface area contributed by atoms with Crippen molar-refractivity contribution in [3.63, 3.8) is 0 Å². The van der Waals surface area contributed by atoms with Gasteiger partial charge in [0.25, 0.3) is 5.91 Å². The van der Waals surface area contributed by atoms with Gasteiger partial charge in [0, 0.05) is 12.6 Å². The van der Waals surface area contributed by atoms with Crippen molar-refractivity contribution in [1.82, 2.24) is 15.8 Å². The fourth-order valence-corrected chi connectivity index (χ4v) is 1.93. The predicted octanol–water partition coefficient (Wildman–Crippen LogP) is 1.97. The molecule has 2 aromatic rings. The second-order valence-corrected chi connectivity index (χ2v) is 4.76. The van der Waals surface area contributed by atoms with Crippen LogP contribution in [0.15, 0.2) is 42.6 Å². The van der Waals surface area contributed by atoms with Crippen LogP contribution in [0.4, 0.5) is 0 Å². The number of nitrogens with one attached hydrogen (secondary N) is 3. The molecule has 0 bridgehead atoms. The lowest BCUT2D eigenvalue weighted by Gasteiger charge is -2.07. The summed E-state index contributed by atoms with van der Waals surface area (Å²) in [6, 6.07) is 11.6. The van der Waals surface area contributed by atoms with Crippen molar-refractivity contribution >= 4 is 11.8 Å². The smallest absolute Gasteiger partial charge is 0.286 e. The maximum Gasteiger partial charge on any atom is 0.286 e. The molecule has 0 saturated heterocycles. The third-order valence-electron chi connectivity index (χ3n) is 3.23. The lowest BCUT2D eigenvalue weighted by atomic mass is 10.1. The number of hydrogen-bond donors (Lipinski definition) is 3. The molecule has 21 heavy (non-hydrogen) atoms. The van der Waals surface area contributed by atoms with E-state index in [1.54, 1.807) is 18.3 Å². The summed E-state index contributed by atoms with van der Waals surface area (Å²) in [6.45, 7) is 2.11. The molecule has 0 aliphatic rings. The molecule has 1 aromatic heterocycles. The van der Waals surface area contributed by atoms with Crippen LogP contribution in [0.1, 0.15) is 35.0 Å². The molecule has 0 spiro atoms. The summed E-state index contributed by atoms with van der Waals surface area (Å²) in [7, 11) is 0. The Morgan fingerprint density at radius 3 is 2.38 bits per heavy atom. The van der Waals surface area contributed by atoms with Crippen molar-refractivity contribution in [2.24, 2.45) is 0 Å². The van der Waals surface area contributed by atoms with Gasteiger partial charge in [-0.25, -0.2) is 0 Å². The molecule has 0 fully saturated rings. The fourth-order valence-electron chi connectivity index (χ4n) is 1.93. The highest BCUT2D eigenvalue weighted by Gasteiger charge is 2.07. The summed E-state index contributed by atoms with van der Waals surface area (Å²) in [6.07, 6.45) is 3.63. The first-order valence-corrected chi connectivity index (χ1v) is 6.99. The van der Waals surface area contributed by atoms with Gasteiger partial charge in [0.1, 0.15) is 5.69 Å². The van der Waals surface area contributed by atoms with Crippen molar-refractivity contribution in [3.05, 3.63) is 59.4 Å². The molecule has 3 N–H and O–H groups in total. The van der Waals surface area contributed by atoms with E-state index in [1.165, 1.54) is 5.56 Å². The Balaban J connectivity index is 1.73. The van der Waals surface area contributed by atoms with E-state index in [0.717, 1.165) is 12.0 Å². The van der Waals surface area contributed by atoms with Crippen LogP contribution in [0.3, 0.4) is 0 Å². The van der Waals surface area contributed by atoms with Gasteiger partial charge < -0.3 is 4.98 Å². The van der Waals surface area contributed by atoms with Gasteiger partial charge in [-0.05, 0) is 36.1 Å². The van der Waals surface area contributed by atoms with E-state index in [9.17, 15) is 9.59 Å². The van der Waals surface area contributed by atoms with E-state index < -0.39 is 0 Å². The van der Waals surface area contributed by atoms with Crippen molar-refractivity contribution < 1.29 is 9.59 Å². The second-order valence-electron chi connectivity index (χ2n) is 4.76. The van der Waals surface area contributed by atoms with Gasteiger partial charge in [0.05, 0.1) is 0 Å². The molecule has 5 nitrogen and oxygen atoms in total. The van der Waals surface area contributed by atoms with Crippen LogP contribution >= 0.6 is 0 Å². The quantitative estimate of drug-likeness (QED) is 0.735. The number of carbonyl (C=O) groups excluding carboxylic acids is 2. The maximum absolute atomic E-state index is 11.7. The van der Waals surface area contributed by atoms with Crippen molar-refractivity contribution in [1.29, 1.82) is 0 Å². The van der Waals surface area contributed by atoms with E-state index in [4.69, 9.17) is 0 Å². The zero-order valence-corrected chi connectivity index (χ0v) is 12.0. The molecule has 0 aliphatic carbocycles. The van der Waals surface area contributed by atoms with Crippen LogP contribution in [0, 0.1) is 0 Å². The van der Waals surface area contributed by atoms with Crippen LogP contribution in [-0.4, -0.2) is 16.8 Å². The maximum atomic E-state index is 11.7. The number of carbonyl (C=O) groups is 2. The topological polar surface area (TPSA) is 74.0 Å². The van der Waals surface area contributed by atoms with Crippen molar-refractivity contribution in [2.75, 3.05) is 0 Å². The Bertz CT molecular complexity index is 588. The van der Waals surface area contributed by atoms with Crippen LogP contribution < -0.4 is 10.9 Å². The summed E-state index contributed by atoms with van der Waals surface area (Å²) in [4.78, 5) is 26.0. The van der Waals surface area contributed by atoms with Gasteiger partial charge >= 0.3 is 0 Å². The predicted molar refractivity (Wildman–Crippen MR) is 80.5 cm³/mol. The number of amides is 2. The zero-order chi connectivity index (χ0) is 15.1. The molecule has 5 heteroatoms. The summed E-state index contributed by atoms with van der Waals surface area (Å²) in [5.41, 5.74) is 7.57. The lowest BCUT2D eigenvalue weighted by Crippen LogP contribution is -2.41. The van der Waals surface area contributed by atoms with E-state index >= 15 is 0 Å². The molecule has 2 amide bonds. The zero-order valence-electron chi connectivity index (χ0n) is 12.0. The highest BCUT2D eigenvalue weighted by atomic mass is 16.2. The molecule has 2 rings (SSSR count). The summed E-state index contributed by atoms with van der Waals surface area (Å²) in [5.74, 6) is -0.574. The highest BCUT2D eigenvalue weighted by molar-refractivity contribution is 5.93. The van der Waals surface area contributed by atoms with Crippen molar-refractivity contribution in [3.8, 4) is 0 Å². The van der Waals surface area contributed by atoms with Gasteiger partial charge in [-0.1, -0.05) is 31.2 Å². The summed E-state index contributed by atoms with van der Waals surface area (Å²) >= 11 is 0. The monoisotopic (exact) mass is 285 g/mol. The third kappa shape index (κ3) is 4.49. The van der Waals surface area contributed by atoms with E-state index in [0.29, 0.717) is 18.5 Å². The minimum Gasteiger partial charge on any atom is -0.357 e. The molecular formula is C16H19N3O2. The normalized spacial score (nSPS) is 10.1. The van der Waals surface area contributed by atoms with Crippen molar-refractivity contribution in [2.45, 2.75) is 26.2 Å². The second kappa shape index (κ2) is 7.28. The molecule has 1 heterocycles. The Morgan fingerprint density at radius 2 is 1.76 bits per heavy atom. The summed E-state index contributed by atoms with van der Waals surface area (Å²) < 4.78 is 0. The Kier molecular flexibility index (Phi) is 5.15. The van der Waals surface area contributed by atoms with Gasteiger partial charge in [0.15, 0.2) is 0 Å². The summed E-state index contributed by atoms with van der Waals surface area (Å²) in [5, 5.41) is 0. The van der Waals surface area contributed by atoms with Gasteiger partial charge in [-0.2, -0.15) is 0 Å². The first-order chi connectivity index (χ1) is 10.2. The number of benzene rings is 1. The average molecular weight is 285 g/mol.